The van der Waals surface area contributed by atoms with Gasteiger partial charge in [0.15, 0.2) is 0 Å². The first-order valence-electron chi connectivity index (χ1n) is 7.86. The zero-order valence-corrected chi connectivity index (χ0v) is 12.4. The first kappa shape index (κ1) is 15.3. The maximum absolute atomic E-state index is 10.1. The normalized spacial score (nSPS) is 16.8. The smallest absolute Gasteiger partial charge is 0.0790 e. The highest BCUT2D eigenvalue weighted by atomic mass is 16.3. The van der Waals surface area contributed by atoms with Gasteiger partial charge < -0.3 is 10.2 Å². The van der Waals surface area contributed by atoms with Crippen LogP contribution in [0.2, 0.25) is 0 Å². The van der Waals surface area contributed by atoms with Gasteiger partial charge in [0.05, 0.1) is 12.7 Å². The predicted octanol–water partition coefficient (Wildman–Crippen LogP) is 4.23. The Balaban J connectivity index is 2.03. The molecule has 0 spiro atoms. The van der Waals surface area contributed by atoms with Crippen LogP contribution in [-0.2, 0) is 0 Å². The summed E-state index contributed by atoms with van der Waals surface area (Å²) in [7, 11) is 0. The number of hydrogen-bond acceptors (Lipinski definition) is 2. The minimum atomic E-state index is -0.342. The van der Waals surface area contributed by atoms with Gasteiger partial charge in [0, 0.05) is 0 Å². The fraction of sp³-hybridized carbons (Fsp3) is 0.556. The molecule has 20 heavy (non-hydrogen) atoms. The first-order chi connectivity index (χ1) is 9.76. The van der Waals surface area contributed by atoms with Crippen molar-refractivity contribution < 1.29 is 10.2 Å². The van der Waals surface area contributed by atoms with Gasteiger partial charge in [0.25, 0.3) is 0 Å². The summed E-state index contributed by atoms with van der Waals surface area (Å²) in [6, 6.07) is 8.25. The van der Waals surface area contributed by atoms with Crippen LogP contribution in [0.5, 0.6) is 0 Å². The zero-order chi connectivity index (χ0) is 14.4. The lowest BCUT2D eigenvalue weighted by atomic mass is 9.97. The maximum atomic E-state index is 10.1. The fourth-order valence-corrected chi connectivity index (χ4v) is 2.99. The monoisotopic (exact) mass is 274 g/mol. The average Bonchev–Trinajstić information content (AvgIpc) is 2.96. The Labute approximate surface area is 122 Å². The van der Waals surface area contributed by atoms with Crippen LogP contribution in [0.15, 0.2) is 29.8 Å². The second kappa shape index (κ2) is 7.61. The van der Waals surface area contributed by atoms with E-state index in [2.05, 4.69) is 19.1 Å². The highest BCUT2D eigenvalue weighted by molar-refractivity contribution is 5.70. The van der Waals surface area contributed by atoms with E-state index in [-0.39, 0.29) is 12.7 Å². The van der Waals surface area contributed by atoms with Crippen LogP contribution in [-0.4, -0.2) is 16.8 Å². The molecule has 0 aliphatic heterocycles. The van der Waals surface area contributed by atoms with E-state index in [1.54, 1.807) is 0 Å². The fourth-order valence-electron chi connectivity index (χ4n) is 2.99. The molecule has 110 valence electrons. The molecule has 1 unspecified atom stereocenters. The van der Waals surface area contributed by atoms with Crippen LogP contribution in [0.4, 0.5) is 0 Å². The van der Waals surface area contributed by atoms with Gasteiger partial charge in [0.1, 0.15) is 0 Å². The lowest BCUT2D eigenvalue weighted by Gasteiger charge is -2.12. The van der Waals surface area contributed by atoms with Crippen molar-refractivity contribution in [3.05, 3.63) is 41.0 Å². The second-order valence-electron chi connectivity index (χ2n) is 5.73. The third-order valence-electron chi connectivity index (χ3n) is 4.25. The van der Waals surface area contributed by atoms with Crippen molar-refractivity contribution in [3.63, 3.8) is 0 Å². The molecule has 0 heterocycles. The summed E-state index contributed by atoms with van der Waals surface area (Å²) in [4.78, 5) is 0. The number of hydrogen-bond donors (Lipinski definition) is 2. The molecule has 0 saturated carbocycles. The second-order valence-corrected chi connectivity index (χ2v) is 5.73. The van der Waals surface area contributed by atoms with Crippen LogP contribution >= 0.6 is 0 Å². The molecule has 2 N–H and O–H groups in total. The SMILES string of the molecule is CCCCCC(O)c1ccc(C2=C(CO)CCC2)cc1. The Kier molecular flexibility index (Phi) is 5.81. The van der Waals surface area contributed by atoms with Gasteiger partial charge in [0.2, 0.25) is 0 Å². The van der Waals surface area contributed by atoms with Crippen LogP contribution in [0.1, 0.15) is 69.1 Å². The van der Waals surface area contributed by atoms with E-state index in [4.69, 9.17) is 0 Å². The Bertz CT molecular complexity index is 445. The van der Waals surface area contributed by atoms with E-state index < -0.39 is 0 Å². The Morgan fingerprint density at radius 2 is 1.85 bits per heavy atom. The van der Waals surface area contributed by atoms with Crippen molar-refractivity contribution in [2.24, 2.45) is 0 Å². The molecule has 0 bridgehead atoms. The molecule has 1 aliphatic rings. The predicted molar refractivity (Wildman–Crippen MR) is 83.4 cm³/mol. The third-order valence-corrected chi connectivity index (χ3v) is 4.25. The van der Waals surface area contributed by atoms with Crippen LogP contribution in [0, 0.1) is 0 Å². The van der Waals surface area contributed by atoms with E-state index in [9.17, 15) is 10.2 Å². The molecule has 0 saturated heterocycles. The summed E-state index contributed by atoms with van der Waals surface area (Å²) in [6.45, 7) is 2.35. The maximum Gasteiger partial charge on any atom is 0.0790 e. The highest BCUT2D eigenvalue weighted by Crippen LogP contribution is 2.34. The number of benzene rings is 1. The van der Waals surface area contributed by atoms with Gasteiger partial charge in [-0.2, -0.15) is 0 Å². The third kappa shape index (κ3) is 3.71. The molecule has 0 aromatic heterocycles. The summed E-state index contributed by atoms with van der Waals surface area (Å²) in [5.74, 6) is 0. The summed E-state index contributed by atoms with van der Waals surface area (Å²) in [6.07, 6.45) is 7.18. The molecule has 0 amide bonds. The summed E-state index contributed by atoms with van der Waals surface area (Å²) >= 11 is 0. The van der Waals surface area contributed by atoms with E-state index in [1.807, 2.05) is 12.1 Å². The molecule has 2 nitrogen and oxygen atoms in total. The van der Waals surface area contributed by atoms with Crippen LogP contribution in [0.3, 0.4) is 0 Å². The average molecular weight is 274 g/mol. The van der Waals surface area contributed by atoms with E-state index >= 15 is 0 Å². The molecular formula is C18H26O2. The van der Waals surface area contributed by atoms with Gasteiger partial charge in [-0.1, -0.05) is 50.5 Å². The Morgan fingerprint density at radius 1 is 1.10 bits per heavy atom. The number of rotatable bonds is 7. The van der Waals surface area contributed by atoms with E-state index in [0.717, 1.165) is 37.7 Å². The van der Waals surface area contributed by atoms with Gasteiger partial charge in [-0.25, -0.2) is 0 Å². The van der Waals surface area contributed by atoms with E-state index in [0.29, 0.717) is 0 Å². The van der Waals surface area contributed by atoms with Crippen molar-refractivity contribution in [1.82, 2.24) is 0 Å². The van der Waals surface area contributed by atoms with Gasteiger partial charge in [-0.15, -0.1) is 0 Å². The molecular weight excluding hydrogens is 248 g/mol. The van der Waals surface area contributed by atoms with Gasteiger partial charge in [-0.3, -0.25) is 0 Å². The standard InChI is InChI=1S/C18H26O2/c1-2-3-4-8-18(20)15-11-9-14(10-12-15)17-7-5-6-16(17)13-19/h9-12,18-20H,2-8,13H2,1H3. The summed E-state index contributed by atoms with van der Waals surface area (Å²) in [5, 5.41) is 19.5. The molecule has 2 rings (SSSR count). The van der Waals surface area contributed by atoms with Crippen LogP contribution < -0.4 is 0 Å². The van der Waals surface area contributed by atoms with Gasteiger partial charge >= 0.3 is 0 Å². The largest absolute Gasteiger partial charge is 0.392 e. The number of allylic oxidation sites excluding steroid dienone is 1. The number of aliphatic hydroxyl groups excluding tert-OH is 2. The zero-order valence-electron chi connectivity index (χ0n) is 12.4. The van der Waals surface area contributed by atoms with Crippen molar-refractivity contribution in [2.75, 3.05) is 6.61 Å². The number of unbranched alkanes of at least 4 members (excludes halogenated alkanes) is 2. The topological polar surface area (TPSA) is 40.5 Å². The van der Waals surface area contributed by atoms with Gasteiger partial charge in [-0.05, 0) is 48.0 Å². The molecule has 1 aromatic carbocycles. The van der Waals surface area contributed by atoms with E-state index in [1.165, 1.54) is 29.6 Å². The molecule has 1 aromatic rings. The molecule has 1 atom stereocenters. The quantitative estimate of drug-likeness (QED) is 0.730. The number of aliphatic hydroxyl groups is 2. The minimum absolute atomic E-state index is 0.177. The molecule has 2 heteroatoms. The first-order valence-corrected chi connectivity index (χ1v) is 7.86. The highest BCUT2D eigenvalue weighted by Gasteiger charge is 2.15. The molecule has 0 radical (unpaired) electrons. The van der Waals surface area contributed by atoms with Crippen LogP contribution in [0.25, 0.3) is 5.57 Å². The lowest BCUT2D eigenvalue weighted by Crippen LogP contribution is -1.98. The van der Waals surface area contributed by atoms with Crippen molar-refractivity contribution in [3.8, 4) is 0 Å². The molecule has 0 fully saturated rings. The van der Waals surface area contributed by atoms with Crippen molar-refractivity contribution in [2.45, 2.75) is 58.0 Å². The minimum Gasteiger partial charge on any atom is -0.392 e. The summed E-state index contributed by atoms with van der Waals surface area (Å²) < 4.78 is 0. The Morgan fingerprint density at radius 3 is 2.50 bits per heavy atom. The Hall–Kier alpha value is -1.12. The van der Waals surface area contributed by atoms with Crippen molar-refractivity contribution >= 4 is 5.57 Å². The molecule has 1 aliphatic carbocycles. The lowest BCUT2D eigenvalue weighted by molar-refractivity contribution is 0.163. The summed E-state index contributed by atoms with van der Waals surface area (Å²) in [5.41, 5.74) is 4.70. The van der Waals surface area contributed by atoms with Crippen molar-refractivity contribution in [1.29, 1.82) is 0 Å².